The summed E-state index contributed by atoms with van der Waals surface area (Å²) >= 11 is 1.41. The number of likely N-dealkylation sites (tertiary alicyclic amines) is 1. The van der Waals surface area contributed by atoms with Gasteiger partial charge in [-0.05, 0) is 37.3 Å². The van der Waals surface area contributed by atoms with E-state index in [1.165, 1.54) is 29.0 Å². The number of carbonyl (C=O) groups is 4. The van der Waals surface area contributed by atoms with E-state index in [0.29, 0.717) is 24.6 Å². The summed E-state index contributed by atoms with van der Waals surface area (Å²) in [7, 11) is 2.13. The summed E-state index contributed by atoms with van der Waals surface area (Å²) in [5.74, 6) is -2.49. The number of hydrogen-bond donors (Lipinski definition) is 3. The van der Waals surface area contributed by atoms with Gasteiger partial charge in [-0.15, -0.1) is 11.8 Å². The van der Waals surface area contributed by atoms with Crippen LogP contribution in [0.15, 0.2) is 39.2 Å². The number of hydrogen-bond acceptors (Lipinski definition) is 8. The molecule has 3 aliphatic heterocycles. The quantitative estimate of drug-likeness (QED) is 0.176. The summed E-state index contributed by atoms with van der Waals surface area (Å²) in [4.78, 5) is 57.0. The van der Waals surface area contributed by atoms with E-state index in [1.54, 1.807) is 6.07 Å². The number of nitrogens with zero attached hydrogens (tertiary/aromatic N) is 3. The largest absolute Gasteiger partial charge is 0.478 e. The molecule has 1 aromatic heterocycles. The van der Waals surface area contributed by atoms with Gasteiger partial charge in [-0.1, -0.05) is 12.1 Å². The van der Waals surface area contributed by atoms with Gasteiger partial charge >= 0.3 is 11.9 Å². The minimum absolute atomic E-state index is 0.00358. The number of nitrogens with one attached hydrogen (secondary N) is 1. The van der Waals surface area contributed by atoms with E-state index in [2.05, 4.69) is 24.4 Å². The number of quaternary nitrogens is 1. The lowest BCUT2D eigenvalue weighted by Gasteiger charge is -2.50. The van der Waals surface area contributed by atoms with Gasteiger partial charge in [-0.3, -0.25) is 14.5 Å². The van der Waals surface area contributed by atoms with Crippen molar-refractivity contribution in [2.45, 2.75) is 56.0 Å². The summed E-state index contributed by atoms with van der Waals surface area (Å²) in [6.07, 6.45) is 4.67. The molecule has 1 aromatic rings. The minimum Gasteiger partial charge on any atom is -0.478 e. The standard InChI is InChI=1S/C26H32N4O8S/c1-15-6-10-30(2,11-7-15)13-16-14-39-23-19(22(32)29(23)20(16)24(33)34)27-21(31)18(17-5-3-12-37-17)28-38-26(25(35)36)8-4-9-26/h3,5,12,15,19,23H,4,6-11,13-14H2,1-2H3,(H2-,27,31,33,34,35,36)/p+1/b28-18-/t15?,19-,23-,30?/m1/s1. The Morgan fingerprint density at radius 2 is 2.00 bits per heavy atom. The molecule has 12 nitrogen and oxygen atoms in total. The number of likely N-dealkylation sites (N-methyl/N-ethyl adjacent to an activating group) is 1. The highest BCUT2D eigenvalue weighted by molar-refractivity contribution is 8.00. The SMILES string of the molecule is CC1CC[N+](C)(CC2=C(C(=O)O)N3C(=O)[C@@H](NC(=O)/C(=N\OC4(C(=O)O)CCC4)c4ccco4)[C@H]3SC2)CC1. The Kier molecular flexibility index (Phi) is 7.23. The molecular formula is C26H33N4O8S+. The van der Waals surface area contributed by atoms with Crippen molar-refractivity contribution in [3.63, 3.8) is 0 Å². The van der Waals surface area contributed by atoms with Crippen LogP contribution in [0.2, 0.25) is 0 Å². The van der Waals surface area contributed by atoms with Gasteiger partial charge in [0.05, 0.1) is 26.4 Å². The fourth-order valence-corrected chi connectivity index (χ4v) is 6.88. The van der Waals surface area contributed by atoms with Crippen LogP contribution in [-0.4, -0.2) is 98.5 Å². The molecule has 4 heterocycles. The highest BCUT2D eigenvalue weighted by atomic mass is 32.2. The highest BCUT2D eigenvalue weighted by Gasteiger charge is 2.55. The van der Waals surface area contributed by atoms with Crippen molar-refractivity contribution in [3.05, 3.63) is 35.4 Å². The Labute approximate surface area is 229 Å². The molecule has 0 spiro atoms. The number of amides is 2. The number of carbonyl (C=O) groups excluding carboxylic acids is 2. The number of piperidine rings is 1. The molecule has 39 heavy (non-hydrogen) atoms. The van der Waals surface area contributed by atoms with Crippen molar-refractivity contribution in [2.75, 3.05) is 32.4 Å². The molecule has 0 radical (unpaired) electrons. The van der Waals surface area contributed by atoms with Gasteiger partial charge in [0.2, 0.25) is 11.3 Å². The molecule has 2 saturated heterocycles. The minimum atomic E-state index is -1.50. The zero-order valence-corrected chi connectivity index (χ0v) is 22.7. The molecular weight excluding hydrogens is 528 g/mol. The molecule has 210 valence electrons. The molecule has 3 N–H and O–H groups in total. The zero-order chi connectivity index (χ0) is 27.9. The molecule has 0 aromatic carbocycles. The van der Waals surface area contributed by atoms with E-state index in [9.17, 15) is 29.4 Å². The van der Waals surface area contributed by atoms with E-state index in [-0.39, 0.29) is 30.0 Å². The average molecular weight is 562 g/mol. The van der Waals surface area contributed by atoms with E-state index in [0.717, 1.165) is 36.0 Å². The first-order valence-electron chi connectivity index (χ1n) is 13.1. The number of carboxylic acid groups (broad SMARTS) is 2. The van der Waals surface area contributed by atoms with Gasteiger partial charge < -0.3 is 29.3 Å². The third kappa shape index (κ3) is 5.05. The summed E-state index contributed by atoms with van der Waals surface area (Å²) in [6.45, 7) is 4.70. The molecule has 0 unspecified atom stereocenters. The Morgan fingerprint density at radius 1 is 1.28 bits per heavy atom. The van der Waals surface area contributed by atoms with Crippen LogP contribution in [0.4, 0.5) is 0 Å². The molecule has 1 aliphatic carbocycles. The van der Waals surface area contributed by atoms with Crippen molar-refractivity contribution in [1.82, 2.24) is 10.2 Å². The smallest absolute Gasteiger partial charge is 0.352 e. The normalized spacial score (nSPS) is 30.1. The van der Waals surface area contributed by atoms with Gasteiger partial charge in [-0.25, -0.2) is 9.59 Å². The van der Waals surface area contributed by atoms with Crippen LogP contribution < -0.4 is 5.32 Å². The molecule has 5 rings (SSSR count). The number of fused-ring (bicyclic) bond motifs is 1. The third-order valence-electron chi connectivity index (χ3n) is 8.26. The maximum Gasteiger partial charge on any atom is 0.352 e. The molecule has 2 amide bonds. The number of aliphatic carboxylic acids is 2. The topological polar surface area (TPSA) is 159 Å². The lowest BCUT2D eigenvalue weighted by atomic mass is 9.80. The van der Waals surface area contributed by atoms with Crippen LogP contribution in [0.5, 0.6) is 0 Å². The lowest BCUT2D eigenvalue weighted by Crippen LogP contribution is -2.71. The van der Waals surface area contributed by atoms with Crippen LogP contribution in [0.25, 0.3) is 0 Å². The summed E-state index contributed by atoms with van der Waals surface area (Å²) < 4.78 is 6.05. The van der Waals surface area contributed by atoms with Gasteiger partial charge in [0.1, 0.15) is 23.7 Å². The Balaban J connectivity index is 1.32. The number of β-lactam (4-membered cyclic amide) rings is 1. The first-order chi connectivity index (χ1) is 18.5. The van der Waals surface area contributed by atoms with Crippen LogP contribution in [0.1, 0.15) is 44.8 Å². The molecule has 2 atom stereocenters. The van der Waals surface area contributed by atoms with Crippen LogP contribution in [-0.2, 0) is 24.0 Å². The first kappa shape index (κ1) is 27.3. The van der Waals surface area contributed by atoms with Crippen LogP contribution >= 0.6 is 11.8 Å². The van der Waals surface area contributed by atoms with Gasteiger partial charge in [0.15, 0.2) is 5.76 Å². The Hall–Kier alpha value is -3.32. The van der Waals surface area contributed by atoms with Crippen LogP contribution in [0.3, 0.4) is 0 Å². The second-order valence-corrected chi connectivity index (χ2v) is 12.3. The summed E-state index contributed by atoms with van der Waals surface area (Å²) in [5, 5.41) is 25.5. The Bertz CT molecular complexity index is 1230. The fraction of sp³-hybridized carbons (Fsp3) is 0.577. The number of oxime groups is 1. The maximum atomic E-state index is 13.2. The van der Waals surface area contributed by atoms with E-state index in [1.807, 2.05) is 0 Å². The van der Waals surface area contributed by atoms with Crippen molar-refractivity contribution < 1.29 is 43.1 Å². The molecule has 13 heteroatoms. The summed E-state index contributed by atoms with van der Waals surface area (Å²) in [5.41, 5.74) is -1.07. The summed E-state index contributed by atoms with van der Waals surface area (Å²) in [6, 6.07) is 2.04. The fourth-order valence-electron chi connectivity index (χ4n) is 5.54. The number of furan rings is 1. The van der Waals surface area contributed by atoms with Gasteiger partial charge in [0, 0.05) is 24.2 Å². The van der Waals surface area contributed by atoms with Gasteiger partial charge in [0.25, 0.3) is 11.8 Å². The van der Waals surface area contributed by atoms with Crippen molar-refractivity contribution in [2.24, 2.45) is 11.1 Å². The zero-order valence-electron chi connectivity index (χ0n) is 21.9. The van der Waals surface area contributed by atoms with E-state index < -0.39 is 40.8 Å². The molecule has 0 bridgehead atoms. The first-order valence-corrected chi connectivity index (χ1v) is 14.2. The Morgan fingerprint density at radius 3 is 2.56 bits per heavy atom. The number of rotatable bonds is 9. The number of thioether (sulfide) groups is 1. The lowest BCUT2D eigenvalue weighted by molar-refractivity contribution is -0.910. The monoisotopic (exact) mass is 561 g/mol. The van der Waals surface area contributed by atoms with E-state index >= 15 is 0 Å². The van der Waals surface area contributed by atoms with Crippen LogP contribution in [0, 0.1) is 5.92 Å². The van der Waals surface area contributed by atoms with Crippen molar-refractivity contribution >= 4 is 41.2 Å². The predicted molar refractivity (Wildman–Crippen MR) is 139 cm³/mol. The molecule has 3 fully saturated rings. The maximum absolute atomic E-state index is 13.2. The second-order valence-electron chi connectivity index (χ2n) is 11.2. The van der Waals surface area contributed by atoms with E-state index in [4.69, 9.17) is 9.25 Å². The van der Waals surface area contributed by atoms with Gasteiger partial charge in [-0.2, -0.15) is 0 Å². The third-order valence-corrected chi connectivity index (χ3v) is 9.60. The van der Waals surface area contributed by atoms with Crippen molar-refractivity contribution in [1.29, 1.82) is 0 Å². The highest BCUT2D eigenvalue weighted by Crippen LogP contribution is 2.41. The average Bonchev–Trinajstić information content (AvgIpc) is 3.40. The number of carboxylic acids is 2. The molecule has 4 aliphatic rings. The predicted octanol–water partition coefficient (Wildman–Crippen LogP) is 1.62. The second kappa shape index (κ2) is 10.3. The molecule has 1 saturated carbocycles. The van der Waals surface area contributed by atoms with Crippen molar-refractivity contribution in [3.8, 4) is 0 Å².